The number of anilines is 1. The van der Waals surface area contributed by atoms with Crippen LogP contribution in [0, 0.1) is 0 Å². The highest BCUT2D eigenvalue weighted by molar-refractivity contribution is 6.30. The van der Waals surface area contributed by atoms with Crippen LogP contribution in [0.25, 0.3) is 11.1 Å². The number of nitrogens with one attached hydrogen (secondary N) is 1. The zero-order valence-corrected chi connectivity index (χ0v) is 19.6. The summed E-state index contributed by atoms with van der Waals surface area (Å²) in [6.07, 6.45) is 7.16. The normalized spacial score (nSPS) is 21.9. The number of hydrogen-bond donors (Lipinski definition) is 2. The van der Waals surface area contributed by atoms with Crippen LogP contribution in [0.4, 0.5) is 10.7 Å². The maximum atomic E-state index is 13.5. The van der Waals surface area contributed by atoms with Crippen molar-refractivity contribution in [2.75, 3.05) is 18.8 Å². The summed E-state index contributed by atoms with van der Waals surface area (Å²) < 4.78 is 0. The molecule has 2 saturated heterocycles. The summed E-state index contributed by atoms with van der Waals surface area (Å²) in [5, 5.41) is 3.46. The van der Waals surface area contributed by atoms with E-state index in [1.807, 2.05) is 12.1 Å². The molecule has 3 N–H and O–H groups in total. The predicted octanol–water partition coefficient (Wildman–Crippen LogP) is 3.30. The molecule has 3 aliphatic rings. The van der Waals surface area contributed by atoms with Crippen LogP contribution < -0.4 is 11.1 Å². The third-order valence-electron chi connectivity index (χ3n) is 7.13. The summed E-state index contributed by atoms with van der Waals surface area (Å²) in [7, 11) is 0. The molecule has 1 atom stereocenters. The average molecular weight is 483 g/mol. The molecule has 4 amide bonds. The van der Waals surface area contributed by atoms with Gasteiger partial charge in [-0.3, -0.25) is 14.5 Å². The first-order valence-electron chi connectivity index (χ1n) is 11.7. The number of urea groups is 1. The SMILES string of the molecule is Nc1ncc(-c2ccc(Cl)cc2)c([C@@H]2CCCCN2C(=O)CN2C(=O)NC3(CCCC3)C2=O)n1. The molecule has 10 heteroatoms. The summed E-state index contributed by atoms with van der Waals surface area (Å²) in [6.45, 7) is 0.238. The number of nitrogens with two attached hydrogens (primary N) is 1. The number of amides is 4. The molecule has 0 unspecified atom stereocenters. The maximum Gasteiger partial charge on any atom is 0.325 e. The monoisotopic (exact) mass is 482 g/mol. The Labute approximate surface area is 202 Å². The number of carbonyl (C=O) groups excluding carboxylic acids is 3. The van der Waals surface area contributed by atoms with E-state index in [0.29, 0.717) is 36.5 Å². The van der Waals surface area contributed by atoms with E-state index in [4.69, 9.17) is 17.3 Å². The van der Waals surface area contributed by atoms with Gasteiger partial charge in [-0.2, -0.15) is 0 Å². The molecule has 178 valence electrons. The number of hydrogen-bond acceptors (Lipinski definition) is 6. The zero-order chi connectivity index (χ0) is 23.9. The second kappa shape index (κ2) is 8.87. The standard InChI is InChI=1S/C24H27ClN6O3/c25-16-8-6-15(7-9-16)17-13-27-22(26)28-20(17)18-5-1-4-12-30(18)19(32)14-31-21(33)24(29-23(31)34)10-2-3-11-24/h6-9,13,18H,1-5,10-12,14H2,(H,29,34)(H2,26,27,28)/t18-/m0/s1. The van der Waals surface area contributed by atoms with Crippen LogP contribution in [0.3, 0.4) is 0 Å². The fourth-order valence-electron chi connectivity index (χ4n) is 5.39. The van der Waals surface area contributed by atoms with Gasteiger partial charge in [0.2, 0.25) is 11.9 Å². The molecule has 1 aromatic heterocycles. The number of imide groups is 1. The number of aromatic nitrogens is 2. The van der Waals surface area contributed by atoms with Crippen LogP contribution in [0.1, 0.15) is 56.7 Å². The Bertz CT molecular complexity index is 1130. The molecule has 2 aromatic rings. The lowest BCUT2D eigenvalue weighted by Crippen LogP contribution is -2.47. The number of nitrogens with zero attached hydrogens (tertiary/aromatic N) is 4. The molecular weight excluding hydrogens is 456 g/mol. The quantitative estimate of drug-likeness (QED) is 0.645. The van der Waals surface area contributed by atoms with E-state index in [0.717, 1.165) is 41.7 Å². The molecule has 0 bridgehead atoms. The summed E-state index contributed by atoms with van der Waals surface area (Å²) >= 11 is 6.06. The number of benzene rings is 1. The largest absolute Gasteiger partial charge is 0.368 e. The smallest absolute Gasteiger partial charge is 0.325 e. The lowest BCUT2D eigenvalue weighted by Gasteiger charge is -2.37. The Hall–Kier alpha value is -3.20. The highest BCUT2D eigenvalue weighted by Gasteiger charge is 2.53. The minimum absolute atomic E-state index is 0.128. The van der Waals surface area contributed by atoms with Gasteiger partial charge in [-0.25, -0.2) is 14.8 Å². The summed E-state index contributed by atoms with van der Waals surface area (Å²) in [5.41, 5.74) is 7.41. The van der Waals surface area contributed by atoms with Crippen molar-refractivity contribution in [2.24, 2.45) is 0 Å². The second-order valence-corrected chi connectivity index (χ2v) is 9.68. The van der Waals surface area contributed by atoms with Gasteiger partial charge in [0.15, 0.2) is 0 Å². The summed E-state index contributed by atoms with van der Waals surface area (Å²) in [5.74, 6) is -0.435. The molecule has 3 heterocycles. The molecule has 5 rings (SSSR count). The van der Waals surface area contributed by atoms with Crippen LogP contribution in [-0.4, -0.2) is 56.2 Å². The summed E-state index contributed by atoms with van der Waals surface area (Å²) in [6, 6.07) is 6.52. The van der Waals surface area contributed by atoms with Crippen molar-refractivity contribution in [1.82, 2.24) is 25.1 Å². The number of piperidine rings is 1. The van der Waals surface area contributed by atoms with Crippen molar-refractivity contribution in [1.29, 1.82) is 0 Å². The highest BCUT2D eigenvalue weighted by Crippen LogP contribution is 2.38. The van der Waals surface area contributed by atoms with Crippen LogP contribution in [0.5, 0.6) is 0 Å². The number of likely N-dealkylation sites (tertiary alicyclic amines) is 1. The Morgan fingerprint density at radius 3 is 2.62 bits per heavy atom. The van der Waals surface area contributed by atoms with Gasteiger partial charge in [0, 0.05) is 23.3 Å². The van der Waals surface area contributed by atoms with Crippen molar-refractivity contribution >= 4 is 35.4 Å². The minimum Gasteiger partial charge on any atom is -0.368 e. The van der Waals surface area contributed by atoms with Gasteiger partial charge in [0.1, 0.15) is 12.1 Å². The maximum absolute atomic E-state index is 13.5. The molecule has 0 radical (unpaired) electrons. The van der Waals surface area contributed by atoms with E-state index in [9.17, 15) is 14.4 Å². The fraction of sp³-hybridized carbons (Fsp3) is 0.458. The number of rotatable bonds is 4. The molecule has 34 heavy (non-hydrogen) atoms. The number of halogens is 1. The van der Waals surface area contributed by atoms with Crippen LogP contribution in [-0.2, 0) is 9.59 Å². The number of nitrogen functional groups attached to an aromatic ring is 1. The third-order valence-corrected chi connectivity index (χ3v) is 7.38. The Kier molecular flexibility index (Phi) is 5.89. The Morgan fingerprint density at radius 1 is 1.15 bits per heavy atom. The molecule has 3 fully saturated rings. The first-order valence-corrected chi connectivity index (χ1v) is 12.1. The first-order chi connectivity index (χ1) is 16.4. The van der Waals surface area contributed by atoms with Gasteiger partial charge in [0.05, 0.1) is 11.7 Å². The van der Waals surface area contributed by atoms with Gasteiger partial charge in [-0.15, -0.1) is 0 Å². The highest BCUT2D eigenvalue weighted by atomic mass is 35.5. The number of carbonyl (C=O) groups is 3. The topological polar surface area (TPSA) is 122 Å². The Balaban J connectivity index is 1.42. The molecule has 1 aromatic carbocycles. The van der Waals surface area contributed by atoms with Crippen molar-refractivity contribution in [3.63, 3.8) is 0 Å². The molecular formula is C24H27ClN6O3. The van der Waals surface area contributed by atoms with E-state index in [1.54, 1.807) is 23.2 Å². The van der Waals surface area contributed by atoms with Crippen molar-refractivity contribution < 1.29 is 14.4 Å². The van der Waals surface area contributed by atoms with Gasteiger partial charge >= 0.3 is 6.03 Å². The lowest BCUT2D eigenvalue weighted by molar-refractivity contribution is -0.141. The second-order valence-electron chi connectivity index (χ2n) is 9.24. The van der Waals surface area contributed by atoms with Crippen LogP contribution >= 0.6 is 11.6 Å². The molecule has 9 nitrogen and oxygen atoms in total. The fourth-order valence-corrected chi connectivity index (χ4v) is 5.52. The molecule has 1 aliphatic carbocycles. The van der Waals surface area contributed by atoms with E-state index < -0.39 is 11.6 Å². The Morgan fingerprint density at radius 2 is 1.88 bits per heavy atom. The van der Waals surface area contributed by atoms with Gasteiger partial charge < -0.3 is 16.0 Å². The van der Waals surface area contributed by atoms with Crippen molar-refractivity contribution in [2.45, 2.75) is 56.5 Å². The minimum atomic E-state index is -0.832. The lowest BCUT2D eigenvalue weighted by atomic mass is 9.93. The van der Waals surface area contributed by atoms with Crippen molar-refractivity contribution in [3.05, 3.63) is 41.2 Å². The van der Waals surface area contributed by atoms with Gasteiger partial charge in [-0.05, 0) is 49.8 Å². The zero-order valence-electron chi connectivity index (χ0n) is 18.8. The third kappa shape index (κ3) is 3.98. The van der Waals surface area contributed by atoms with Gasteiger partial charge in [0.25, 0.3) is 5.91 Å². The van der Waals surface area contributed by atoms with Gasteiger partial charge in [-0.1, -0.05) is 36.6 Å². The average Bonchev–Trinajstić information content (AvgIpc) is 3.40. The van der Waals surface area contributed by atoms with E-state index >= 15 is 0 Å². The first kappa shape index (κ1) is 22.6. The summed E-state index contributed by atoms with van der Waals surface area (Å²) in [4.78, 5) is 50.6. The molecule has 1 spiro atoms. The van der Waals surface area contributed by atoms with E-state index in [-0.39, 0.29) is 30.3 Å². The van der Waals surface area contributed by atoms with Crippen LogP contribution in [0.2, 0.25) is 5.02 Å². The van der Waals surface area contributed by atoms with E-state index in [1.165, 1.54) is 0 Å². The molecule has 1 saturated carbocycles. The van der Waals surface area contributed by atoms with Crippen LogP contribution in [0.15, 0.2) is 30.5 Å². The van der Waals surface area contributed by atoms with E-state index in [2.05, 4.69) is 15.3 Å². The molecule has 2 aliphatic heterocycles. The van der Waals surface area contributed by atoms with Crippen molar-refractivity contribution in [3.8, 4) is 11.1 Å². The predicted molar refractivity (Wildman–Crippen MR) is 127 cm³/mol.